The molecule has 0 heterocycles. The monoisotopic (exact) mass is 285 g/mol. The maximum absolute atomic E-state index is 11.2. The van der Waals surface area contributed by atoms with Crippen LogP contribution in [-0.2, 0) is 17.3 Å². The van der Waals surface area contributed by atoms with Crippen LogP contribution < -0.4 is 14.8 Å². The Labute approximate surface area is 118 Å². The molecule has 0 radical (unpaired) electrons. The Morgan fingerprint density at radius 3 is 2.68 bits per heavy atom. The highest BCUT2D eigenvalue weighted by atomic mass is 32.2. The molecule has 0 saturated carbocycles. The third kappa shape index (κ3) is 5.20. The van der Waals surface area contributed by atoms with E-state index in [0.29, 0.717) is 6.61 Å². The Morgan fingerprint density at radius 2 is 2.11 bits per heavy atom. The second-order valence-corrected chi connectivity index (χ2v) is 6.16. The smallest absolute Gasteiger partial charge is 0.161 e. The van der Waals surface area contributed by atoms with Crippen molar-refractivity contribution in [1.82, 2.24) is 5.32 Å². The summed E-state index contributed by atoms with van der Waals surface area (Å²) in [6, 6.07) is 5.88. The number of rotatable bonds is 8. The van der Waals surface area contributed by atoms with Crippen molar-refractivity contribution in [3.8, 4) is 11.5 Å². The van der Waals surface area contributed by atoms with Gasteiger partial charge in [-0.15, -0.1) is 0 Å². The van der Waals surface area contributed by atoms with Gasteiger partial charge in [0.15, 0.2) is 11.5 Å². The van der Waals surface area contributed by atoms with E-state index in [0.717, 1.165) is 30.2 Å². The molecule has 0 amide bonds. The van der Waals surface area contributed by atoms with E-state index in [1.165, 1.54) is 0 Å². The van der Waals surface area contributed by atoms with Gasteiger partial charge < -0.3 is 14.8 Å². The van der Waals surface area contributed by atoms with Crippen molar-refractivity contribution in [2.75, 3.05) is 26.5 Å². The normalized spacial score (nSPS) is 13.9. The molecular weight excluding hydrogens is 262 g/mol. The van der Waals surface area contributed by atoms with Crippen molar-refractivity contribution in [3.05, 3.63) is 23.8 Å². The largest absolute Gasteiger partial charge is 0.493 e. The SMILES string of the molecule is CCOc1cc(CNCC(C)S(C)=O)ccc1OC. The van der Waals surface area contributed by atoms with Crippen molar-refractivity contribution >= 4 is 10.8 Å². The molecule has 1 rings (SSSR count). The first-order valence-corrected chi connectivity index (χ1v) is 8.03. The predicted octanol–water partition coefficient (Wildman–Crippen LogP) is 1.95. The van der Waals surface area contributed by atoms with Crippen LogP contribution in [0, 0.1) is 0 Å². The number of nitrogens with one attached hydrogen (secondary N) is 1. The van der Waals surface area contributed by atoms with E-state index in [-0.39, 0.29) is 5.25 Å². The van der Waals surface area contributed by atoms with Crippen LogP contribution in [0.3, 0.4) is 0 Å². The van der Waals surface area contributed by atoms with E-state index in [9.17, 15) is 4.21 Å². The van der Waals surface area contributed by atoms with Gasteiger partial charge in [-0.1, -0.05) is 6.07 Å². The number of ether oxygens (including phenoxy) is 2. The summed E-state index contributed by atoms with van der Waals surface area (Å²) in [5.74, 6) is 1.50. The molecule has 0 aromatic heterocycles. The summed E-state index contributed by atoms with van der Waals surface area (Å²) < 4.78 is 22.0. The first kappa shape index (κ1) is 16.0. The van der Waals surface area contributed by atoms with Gasteiger partial charge in [0.05, 0.1) is 13.7 Å². The van der Waals surface area contributed by atoms with E-state index in [4.69, 9.17) is 9.47 Å². The van der Waals surface area contributed by atoms with E-state index in [1.807, 2.05) is 32.0 Å². The zero-order valence-electron chi connectivity index (χ0n) is 12.1. The van der Waals surface area contributed by atoms with Gasteiger partial charge in [0, 0.05) is 35.4 Å². The average molecular weight is 285 g/mol. The number of methoxy groups -OCH3 is 1. The van der Waals surface area contributed by atoms with Crippen molar-refractivity contribution in [2.45, 2.75) is 25.6 Å². The zero-order chi connectivity index (χ0) is 14.3. The fourth-order valence-corrected chi connectivity index (χ4v) is 1.99. The van der Waals surface area contributed by atoms with Gasteiger partial charge in [-0.3, -0.25) is 4.21 Å². The highest BCUT2D eigenvalue weighted by Crippen LogP contribution is 2.27. The Balaban J connectivity index is 2.59. The van der Waals surface area contributed by atoms with Crippen LogP contribution in [0.5, 0.6) is 11.5 Å². The standard InChI is InChI=1S/C14H23NO3S/c1-5-18-14-8-12(6-7-13(14)17-3)10-15-9-11(2)19(4)16/h6-8,11,15H,5,9-10H2,1-4H3. The summed E-state index contributed by atoms with van der Waals surface area (Å²) in [6.07, 6.45) is 1.73. The average Bonchev–Trinajstić information content (AvgIpc) is 2.39. The molecule has 0 saturated heterocycles. The number of hydrogen-bond acceptors (Lipinski definition) is 4. The molecule has 2 unspecified atom stereocenters. The predicted molar refractivity (Wildman–Crippen MR) is 79.4 cm³/mol. The Hall–Kier alpha value is -1.07. The van der Waals surface area contributed by atoms with Gasteiger partial charge in [-0.2, -0.15) is 0 Å². The quantitative estimate of drug-likeness (QED) is 0.793. The lowest BCUT2D eigenvalue weighted by molar-refractivity contribution is 0.310. The highest BCUT2D eigenvalue weighted by Gasteiger charge is 2.07. The van der Waals surface area contributed by atoms with Crippen molar-refractivity contribution in [1.29, 1.82) is 0 Å². The molecule has 1 aromatic rings. The Kier molecular flexibility index (Phi) is 6.87. The summed E-state index contributed by atoms with van der Waals surface area (Å²) in [5.41, 5.74) is 1.12. The van der Waals surface area contributed by atoms with E-state index in [2.05, 4.69) is 5.32 Å². The third-order valence-corrected chi connectivity index (χ3v) is 4.16. The van der Waals surface area contributed by atoms with Crippen LogP contribution in [-0.4, -0.2) is 36.0 Å². The van der Waals surface area contributed by atoms with Crippen molar-refractivity contribution < 1.29 is 13.7 Å². The second kappa shape index (κ2) is 8.17. The van der Waals surface area contributed by atoms with Gasteiger partial charge in [-0.05, 0) is 31.5 Å². The van der Waals surface area contributed by atoms with Gasteiger partial charge in [0.2, 0.25) is 0 Å². The summed E-state index contributed by atoms with van der Waals surface area (Å²) in [6.45, 7) is 6.00. The lowest BCUT2D eigenvalue weighted by Gasteiger charge is -2.13. The molecule has 1 aromatic carbocycles. The molecule has 19 heavy (non-hydrogen) atoms. The molecule has 0 aliphatic heterocycles. The number of benzene rings is 1. The van der Waals surface area contributed by atoms with E-state index >= 15 is 0 Å². The molecule has 4 nitrogen and oxygen atoms in total. The zero-order valence-corrected chi connectivity index (χ0v) is 12.9. The molecule has 0 bridgehead atoms. The summed E-state index contributed by atoms with van der Waals surface area (Å²) in [7, 11) is 0.845. The summed E-state index contributed by atoms with van der Waals surface area (Å²) >= 11 is 0. The fourth-order valence-electron chi connectivity index (χ4n) is 1.64. The molecule has 0 fully saturated rings. The van der Waals surface area contributed by atoms with Crippen molar-refractivity contribution in [3.63, 3.8) is 0 Å². The number of hydrogen-bond donors (Lipinski definition) is 1. The molecule has 0 aliphatic carbocycles. The molecular formula is C14H23NO3S. The van der Waals surface area contributed by atoms with Crippen LogP contribution >= 0.6 is 0 Å². The summed E-state index contributed by atoms with van der Waals surface area (Å²) in [5, 5.41) is 3.46. The summed E-state index contributed by atoms with van der Waals surface area (Å²) in [4.78, 5) is 0. The van der Waals surface area contributed by atoms with Crippen LogP contribution in [0.1, 0.15) is 19.4 Å². The minimum absolute atomic E-state index is 0.157. The molecule has 2 atom stereocenters. The van der Waals surface area contributed by atoms with Crippen LogP contribution in [0.2, 0.25) is 0 Å². The Morgan fingerprint density at radius 1 is 1.37 bits per heavy atom. The van der Waals surface area contributed by atoms with Crippen molar-refractivity contribution in [2.24, 2.45) is 0 Å². The van der Waals surface area contributed by atoms with Gasteiger partial charge in [0.1, 0.15) is 0 Å². The van der Waals surface area contributed by atoms with E-state index in [1.54, 1.807) is 13.4 Å². The van der Waals surface area contributed by atoms with Crippen LogP contribution in [0.15, 0.2) is 18.2 Å². The van der Waals surface area contributed by atoms with Crippen LogP contribution in [0.25, 0.3) is 0 Å². The lowest BCUT2D eigenvalue weighted by atomic mass is 10.2. The van der Waals surface area contributed by atoms with Gasteiger partial charge >= 0.3 is 0 Å². The topological polar surface area (TPSA) is 47.6 Å². The van der Waals surface area contributed by atoms with Gasteiger partial charge in [0.25, 0.3) is 0 Å². The maximum atomic E-state index is 11.2. The molecule has 5 heteroatoms. The van der Waals surface area contributed by atoms with Gasteiger partial charge in [-0.25, -0.2) is 0 Å². The van der Waals surface area contributed by atoms with E-state index < -0.39 is 10.8 Å². The Bertz CT molecular complexity index is 423. The fraction of sp³-hybridized carbons (Fsp3) is 0.571. The first-order chi connectivity index (χ1) is 9.08. The molecule has 108 valence electrons. The minimum atomic E-state index is -0.788. The molecule has 0 aliphatic rings. The molecule has 0 spiro atoms. The molecule has 1 N–H and O–H groups in total. The minimum Gasteiger partial charge on any atom is -0.493 e. The lowest BCUT2D eigenvalue weighted by Crippen LogP contribution is -2.27. The van der Waals surface area contributed by atoms with Crippen LogP contribution in [0.4, 0.5) is 0 Å². The highest BCUT2D eigenvalue weighted by molar-refractivity contribution is 7.84. The first-order valence-electron chi connectivity index (χ1n) is 6.41. The third-order valence-electron chi connectivity index (χ3n) is 2.86. The maximum Gasteiger partial charge on any atom is 0.161 e. The second-order valence-electron chi connectivity index (χ2n) is 4.36.